The number of nitro benzene ring substituents is 1. The number of ether oxygens (including phenoxy) is 1. The highest BCUT2D eigenvalue weighted by Crippen LogP contribution is 2.29. The maximum absolute atomic E-state index is 11.8. The predicted octanol–water partition coefficient (Wildman–Crippen LogP) is 3.92. The van der Waals surface area contributed by atoms with Crippen LogP contribution in [0.4, 0.5) is 11.4 Å². The van der Waals surface area contributed by atoms with E-state index in [-0.39, 0.29) is 17.3 Å². The summed E-state index contributed by atoms with van der Waals surface area (Å²) in [7, 11) is 0. The first kappa shape index (κ1) is 16.1. The van der Waals surface area contributed by atoms with E-state index in [1.54, 1.807) is 18.2 Å². The van der Waals surface area contributed by atoms with Gasteiger partial charge in [-0.25, -0.2) is 0 Å². The lowest BCUT2D eigenvalue weighted by Crippen LogP contribution is -2.20. The van der Waals surface area contributed by atoms with Crippen LogP contribution in [0.1, 0.15) is 0 Å². The molecule has 0 aliphatic rings. The summed E-state index contributed by atoms with van der Waals surface area (Å²) >= 11 is 11.8. The Balaban J connectivity index is 1.92. The number of nitro groups is 1. The van der Waals surface area contributed by atoms with Gasteiger partial charge in [0.2, 0.25) is 0 Å². The first-order valence-electron chi connectivity index (χ1n) is 6.08. The Morgan fingerprint density at radius 1 is 1.18 bits per heavy atom. The Morgan fingerprint density at radius 3 is 2.50 bits per heavy atom. The number of halogens is 2. The predicted molar refractivity (Wildman–Crippen MR) is 83.7 cm³/mol. The van der Waals surface area contributed by atoms with Crippen molar-refractivity contribution in [3.05, 3.63) is 62.6 Å². The quantitative estimate of drug-likeness (QED) is 0.660. The maximum atomic E-state index is 11.8. The van der Waals surface area contributed by atoms with E-state index in [0.29, 0.717) is 16.5 Å². The van der Waals surface area contributed by atoms with Gasteiger partial charge in [-0.3, -0.25) is 14.9 Å². The molecule has 1 N–H and O–H groups in total. The third-order valence-electron chi connectivity index (χ3n) is 2.64. The minimum Gasteiger partial charge on any atom is -0.484 e. The second kappa shape index (κ2) is 7.11. The Kier molecular flexibility index (Phi) is 5.19. The molecule has 2 aromatic carbocycles. The van der Waals surface area contributed by atoms with Crippen molar-refractivity contribution in [2.45, 2.75) is 0 Å². The van der Waals surface area contributed by atoms with Gasteiger partial charge in [0.05, 0.1) is 20.7 Å². The number of nitrogens with zero attached hydrogens (tertiary/aromatic N) is 1. The molecule has 0 aliphatic heterocycles. The van der Waals surface area contributed by atoms with Crippen molar-refractivity contribution < 1.29 is 14.5 Å². The van der Waals surface area contributed by atoms with Crippen LogP contribution < -0.4 is 10.1 Å². The van der Waals surface area contributed by atoms with E-state index in [4.69, 9.17) is 27.9 Å². The van der Waals surface area contributed by atoms with Crippen LogP contribution in [0.25, 0.3) is 0 Å². The van der Waals surface area contributed by atoms with Crippen molar-refractivity contribution in [2.24, 2.45) is 0 Å². The van der Waals surface area contributed by atoms with E-state index in [1.807, 2.05) is 0 Å². The molecular weight excluding hydrogens is 331 g/mol. The van der Waals surface area contributed by atoms with Crippen LogP contribution >= 0.6 is 23.2 Å². The Bertz CT molecular complexity index is 704. The maximum Gasteiger partial charge on any atom is 0.269 e. The standard InChI is InChI=1S/C14H10Cl2N2O4/c15-11-2-1-3-12(14(11)16)17-13(19)8-22-10-6-4-9(5-7-10)18(20)21/h1-7H,8H2,(H,17,19). The molecule has 0 spiro atoms. The van der Waals surface area contributed by atoms with Crippen molar-refractivity contribution in [1.82, 2.24) is 0 Å². The number of hydrogen-bond acceptors (Lipinski definition) is 4. The number of nitrogens with one attached hydrogen (secondary N) is 1. The zero-order valence-corrected chi connectivity index (χ0v) is 12.6. The van der Waals surface area contributed by atoms with Crippen LogP contribution in [0.15, 0.2) is 42.5 Å². The van der Waals surface area contributed by atoms with E-state index in [0.717, 1.165) is 0 Å². The number of benzene rings is 2. The molecule has 0 heterocycles. The summed E-state index contributed by atoms with van der Waals surface area (Å²) in [5.74, 6) is -0.0829. The van der Waals surface area contributed by atoms with Gasteiger partial charge in [-0.05, 0) is 24.3 Å². The molecule has 0 atom stereocenters. The molecule has 0 aromatic heterocycles. The topological polar surface area (TPSA) is 81.5 Å². The molecule has 6 nitrogen and oxygen atoms in total. The van der Waals surface area contributed by atoms with Crippen molar-refractivity contribution in [2.75, 3.05) is 11.9 Å². The molecule has 0 unspecified atom stereocenters. The molecule has 0 bridgehead atoms. The fraction of sp³-hybridized carbons (Fsp3) is 0.0714. The molecule has 114 valence electrons. The number of amides is 1. The lowest BCUT2D eigenvalue weighted by Gasteiger charge is -2.09. The average Bonchev–Trinajstić information content (AvgIpc) is 2.50. The molecule has 0 saturated heterocycles. The smallest absolute Gasteiger partial charge is 0.269 e. The summed E-state index contributed by atoms with van der Waals surface area (Å²) in [6.45, 7) is -0.263. The highest BCUT2D eigenvalue weighted by molar-refractivity contribution is 6.43. The van der Waals surface area contributed by atoms with Gasteiger partial charge in [0.25, 0.3) is 11.6 Å². The lowest BCUT2D eigenvalue weighted by molar-refractivity contribution is -0.384. The molecule has 22 heavy (non-hydrogen) atoms. The number of anilines is 1. The van der Waals surface area contributed by atoms with Crippen LogP contribution in [0.5, 0.6) is 5.75 Å². The number of carbonyl (C=O) groups is 1. The average molecular weight is 341 g/mol. The van der Waals surface area contributed by atoms with E-state index in [9.17, 15) is 14.9 Å². The van der Waals surface area contributed by atoms with Gasteiger partial charge in [0.1, 0.15) is 5.75 Å². The van der Waals surface area contributed by atoms with Gasteiger partial charge in [-0.1, -0.05) is 29.3 Å². The second-order valence-electron chi connectivity index (χ2n) is 4.19. The zero-order valence-electron chi connectivity index (χ0n) is 11.1. The number of carbonyl (C=O) groups excluding carboxylic acids is 1. The van der Waals surface area contributed by atoms with Gasteiger partial charge in [-0.2, -0.15) is 0 Å². The summed E-state index contributed by atoms with van der Waals surface area (Å²) in [6.07, 6.45) is 0. The van der Waals surface area contributed by atoms with Crippen molar-refractivity contribution in [3.8, 4) is 5.75 Å². The highest BCUT2D eigenvalue weighted by Gasteiger charge is 2.10. The summed E-state index contributed by atoms with van der Waals surface area (Å²) in [4.78, 5) is 21.8. The third kappa shape index (κ3) is 4.09. The van der Waals surface area contributed by atoms with Crippen molar-refractivity contribution in [1.29, 1.82) is 0 Å². The van der Waals surface area contributed by atoms with Crippen LogP contribution in [-0.2, 0) is 4.79 Å². The largest absolute Gasteiger partial charge is 0.484 e. The molecule has 0 aliphatic carbocycles. The summed E-state index contributed by atoms with van der Waals surface area (Å²) < 4.78 is 5.23. The lowest BCUT2D eigenvalue weighted by atomic mass is 10.3. The Labute approximate surface area is 135 Å². The van der Waals surface area contributed by atoms with Crippen LogP contribution in [0, 0.1) is 10.1 Å². The normalized spacial score (nSPS) is 10.1. The number of rotatable bonds is 5. The van der Waals surface area contributed by atoms with Crippen molar-refractivity contribution >= 4 is 40.5 Å². The SMILES string of the molecule is O=C(COc1ccc([N+](=O)[O-])cc1)Nc1cccc(Cl)c1Cl. The molecular formula is C14H10Cl2N2O4. The Hall–Kier alpha value is -2.31. The fourth-order valence-corrected chi connectivity index (χ4v) is 1.95. The van der Waals surface area contributed by atoms with E-state index >= 15 is 0 Å². The van der Waals surface area contributed by atoms with Gasteiger partial charge in [-0.15, -0.1) is 0 Å². The molecule has 0 saturated carbocycles. The minimum atomic E-state index is -0.516. The second-order valence-corrected chi connectivity index (χ2v) is 4.97. The molecule has 1 amide bonds. The highest BCUT2D eigenvalue weighted by atomic mass is 35.5. The Morgan fingerprint density at radius 2 is 1.86 bits per heavy atom. The van der Waals surface area contributed by atoms with E-state index < -0.39 is 10.8 Å². The molecule has 0 radical (unpaired) electrons. The van der Waals surface area contributed by atoms with Gasteiger partial charge >= 0.3 is 0 Å². The molecule has 0 fully saturated rings. The molecule has 2 rings (SSSR count). The summed E-state index contributed by atoms with van der Waals surface area (Å²) in [5, 5.41) is 13.7. The van der Waals surface area contributed by atoms with E-state index in [2.05, 4.69) is 5.32 Å². The number of non-ortho nitro benzene ring substituents is 1. The van der Waals surface area contributed by atoms with Gasteiger partial charge in [0, 0.05) is 12.1 Å². The monoisotopic (exact) mass is 340 g/mol. The first-order chi connectivity index (χ1) is 10.5. The minimum absolute atomic E-state index is 0.0532. The van der Waals surface area contributed by atoms with Crippen LogP contribution in [0.3, 0.4) is 0 Å². The molecule has 2 aromatic rings. The van der Waals surface area contributed by atoms with E-state index in [1.165, 1.54) is 24.3 Å². The van der Waals surface area contributed by atoms with Crippen LogP contribution in [-0.4, -0.2) is 17.4 Å². The first-order valence-corrected chi connectivity index (χ1v) is 6.84. The van der Waals surface area contributed by atoms with Crippen LogP contribution in [0.2, 0.25) is 10.0 Å². The van der Waals surface area contributed by atoms with Crippen molar-refractivity contribution in [3.63, 3.8) is 0 Å². The molecule has 8 heteroatoms. The van der Waals surface area contributed by atoms with Gasteiger partial charge < -0.3 is 10.1 Å². The zero-order chi connectivity index (χ0) is 16.1. The third-order valence-corrected chi connectivity index (χ3v) is 3.46. The number of hydrogen-bond donors (Lipinski definition) is 1. The van der Waals surface area contributed by atoms with Gasteiger partial charge in [0.15, 0.2) is 6.61 Å². The summed E-state index contributed by atoms with van der Waals surface area (Å²) in [5.41, 5.74) is 0.328. The fourth-order valence-electron chi connectivity index (χ4n) is 1.60. The summed E-state index contributed by atoms with van der Waals surface area (Å²) in [6, 6.07) is 10.3.